The maximum absolute atomic E-state index is 12.0. The molecular weight excluding hydrogens is 318 g/mol. The van der Waals surface area contributed by atoms with Crippen molar-refractivity contribution in [2.75, 3.05) is 0 Å². The van der Waals surface area contributed by atoms with Gasteiger partial charge in [0.15, 0.2) is 10.7 Å². The summed E-state index contributed by atoms with van der Waals surface area (Å²) in [6.07, 6.45) is 0.735. The fourth-order valence-electron chi connectivity index (χ4n) is 1.51. The Balaban J connectivity index is 2.37. The van der Waals surface area contributed by atoms with Gasteiger partial charge in [-0.1, -0.05) is 12.1 Å². The van der Waals surface area contributed by atoms with Gasteiger partial charge < -0.3 is 4.42 Å². The SMILES string of the molecule is O=[N+]([O-])c1ccc(/C=N/S(=O)(=O)c2ccccc2[N+](=O)[O-])o1. The van der Waals surface area contributed by atoms with E-state index in [2.05, 4.69) is 4.40 Å². The van der Waals surface area contributed by atoms with Crippen LogP contribution >= 0.6 is 0 Å². The van der Waals surface area contributed by atoms with Gasteiger partial charge in [-0.05, 0) is 12.1 Å². The molecule has 2 aromatic rings. The number of furan rings is 1. The molecule has 2 rings (SSSR count). The molecular formula is C11H7N3O7S. The van der Waals surface area contributed by atoms with E-state index in [0.717, 1.165) is 30.5 Å². The number of hydrogen-bond acceptors (Lipinski definition) is 7. The van der Waals surface area contributed by atoms with Gasteiger partial charge in [0.2, 0.25) is 0 Å². The molecule has 0 radical (unpaired) electrons. The minimum absolute atomic E-state index is 0.172. The number of sulfonamides is 1. The Morgan fingerprint density at radius 3 is 2.32 bits per heavy atom. The summed E-state index contributed by atoms with van der Waals surface area (Å²) < 4.78 is 31.9. The first-order valence-electron chi connectivity index (χ1n) is 5.59. The molecule has 11 heteroatoms. The molecule has 1 aromatic heterocycles. The number of nitrogens with zero attached hydrogens (tertiary/aromatic N) is 3. The molecule has 22 heavy (non-hydrogen) atoms. The van der Waals surface area contributed by atoms with Crippen LogP contribution in [0, 0.1) is 20.2 Å². The standard InChI is InChI=1S/C11H7N3O7S/c15-13(16)9-3-1-2-4-10(9)22(19,20)12-7-8-5-6-11(21-8)14(17)18/h1-7H/b12-7+. The Hall–Kier alpha value is -3.08. The molecule has 0 aliphatic carbocycles. The second-order valence-electron chi connectivity index (χ2n) is 3.87. The zero-order chi connectivity index (χ0) is 16.3. The van der Waals surface area contributed by atoms with Crippen LogP contribution in [0.3, 0.4) is 0 Å². The van der Waals surface area contributed by atoms with Gasteiger partial charge in [0.1, 0.15) is 4.92 Å². The van der Waals surface area contributed by atoms with Crippen LogP contribution in [0.2, 0.25) is 0 Å². The molecule has 10 nitrogen and oxygen atoms in total. The molecule has 0 atom stereocenters. The number of hydrogen-bond donors (Lipinski definition) is 0. The monoisotopic (exact) mass is 325 g/mol. The van der Waals surface area contributed by atoms with Crippen molar-refractivity contribution in [3.8, 4) is 0 Å². The maximum atomic E-state index is 12.0. The molecule has 0 saturated carbocycles. The van der Waals surface area contributed by atoms with Crippen molar-refractivity contribution in [2.45, 2.75) is 4.90 Å². The third kappa shape index (κ3) is 3.15. The molecule has 0 fully saturated rings. The third-order valence-corrected chi connectivity index (χ3v) is 3.74. The largest absolute Gasteiger partial charge is 0.433 e. The van der Waals surface area contributed by atoms with Crippen LogP contribution < -0.4 is 0 Å². The lowest BCUT2D eigenvalue weighted by Gasteiger charge is -1.99. The van der Waals surface area contributed by atoms with Gasteiger partial charge in [0.05, 0.1) is 17.2 Å². The van der Waals surface area contributed by atoms with Crippen LogP contribution in [0.15, 0.2) is 50.1 Å². The second kappa shape index (κ2) is 5.73. The summed E-state index contributed by atoms with van der Waals surface area (Å²) in [5.41, 5.74) is -0.620. The molecule has 1 heterocycles. The Morgan fingerprint density at radius 1 is 1.05 bits per heavy atom. The smallest absolute Gasteiger partial charge is 0.400 e. The zero-order valence-electron chi connectivity index (χ0n) is 10.6. The summed E-state index contributed by atoms with van der Waals surface area (Å²) in [7, 11) is -4.35. The summed E-state index contributed by atoms with van der Waals surface area (Å²) in [5, 5.41) is 21.2. The minimum atomic E-state index is -4.35. The molecule has 0 N–H and O–H groups in total. The fraction of sp³-hybridized carbons (Fsp3) is 0. The third-order valence-electron chi connectivity index (χ3n) is 2.45. The Kier molecular flexibility index (Phi) is 3.99. The lowest BCUT2D eigenvalue weighted by Crippen LogP contribution is -2.02. The normalized spacial score (nSPS) is 11.6. The van der Waals surface area contributed by atoms with E-state index in [4.69, 9.17) is 4.42 Å². The molecule has 0 aliphatic rings. The van der Waals surface area contributed by atoms with Gasteiger partial charge in [0, 0.05) is 6.07 Å². The number of benzene rings is 1. The Labute approximate surface area is 123 Å². The maximum Gasteiger partial charge on any atom is 0.433 e. The fourth-order valence-corrected chi connectivity index (χ4v) is 2.53. The van der Waals surface area contributed by atoms with Crippen molar-refractivity contribution in [1.82, 2.24) is 0 Å². The summed E-state index contributed by atoms with van der Waals surface area (Å²) in [6.45, 7) is 0. The van der Waals surface area contributed by atoms with Crippen LogP contribution in [0.1, 0.15) is 5.76 Å². The molecule has 0 amide bonds. The first-order valence-corrected chi connectivity index (χ1v) is 7.03. The predicted octanol–water partition coefficient (Wildman–Crippen LogP) is 1.90. The molecule has 1 aromatic carbocycles. The molecule has 0 bridgehead atoms. The first-order chi connectivity index (χ1) is 10.3. The molecule has 0 saturated heterocycles. The minimum Gasteiger partial charge on any atom is -0.400 e. The topological polar surface area (TPSA) is 146 Å². The number of nitro benzene ring substituents is 1. The van der Waals surface area contributed by atoms with Gasteiger partial charge >= 0.3 is 5.88 Å². The van der Waals surface area contributed by atoms with Crippen LogP contribution in [0.25, 0.3) is 0 Å². The van der Waals surface area contributed by atoms with E-state index in [9.17, 15) is 28.6 Å². The van der Waals surface area contributed by atoms with E-state index in [1.165, 1.54) is 12.1 Å². The molecule has 0 spiro atoms. The Morgan fingerprint density at radius 2 is 1.73 bits per heavy atom. The number of para-hydroxylation sites is 1. The van der Waals surface area contributed by atoms with E-state index in [1.54, 1.807) is 0 Å². The van der Waals surface area contributed by atoms with Crippen LogP contribution in [-0.4, -0.2) is 24.5 Å². The van der Waals surface area contributed by atoms with E-state index < -0.39 is 36.3 Å². The summed E-state index contributed by atoms with van der Waals surface area (Å²) in [5.74, 6) is -0.751. The summed E-state index contributed by atoms with van der Waals surface area (Å²) in [6, 6.07) is 6.87. The zero-order valence-corrected chi connectivity index (χ0v) is 11.5. The average Bonchev–Trinajstić information content (AvgIpc) is 2.94. The van der Waals surface area contributed by atoms with Crippen molar-refractivity contribution < 1.29 is 22.7 Å². The van der Waals surface area contributed by atoms with Crippen molar-refractivity contribution in [3.63, 3.8) is 0 Å². The van der Waals surface area contributed by atoms with Gasteiger partial charge in [-0.3, -0.25) is 20.2 Å². The summed E-state index contributed by atoms with van der Waals surface area (Å²) >= 11 is 0. The van der Waals surface area contributed by atoms with Crippen LogP contribution in [0.5, 0.6) is 0 Å². The van der Waals surface area contributed by atoms with Crippen molar-refractivity contribution in [1.29, 1.82) is 0 Å². The van der Waals surface area contributed by atoms with Crippen molar-refractivity contribution in [2.24, 2.45) is 4.40 Å². The van der Waals surface area contributed by atoms with Gasteiger partial charge in [0.25, 0.3) is 15.7 Å². The highest BCUT2D eigenvalue weighted by Gasteiger charge is 2.24. The van der Waals surface area contributed by atoms with Gasteiger partial charge in [-0.2, -0.15) is 12.8 Å². The van der Waals surface area contributed by atoms with E-state index in [0.29, 0.717) is 0 Å². The summed E-state index contributed by atoms with van der Waals surface area (Å²) in [4.78, 5) is 19.0. The van der Waals surface area contributed by atoms with Crippen LogP contribution in [0.4, 0.5) is 11.6 Å². The Bertz CT molecular complexity index is 869. The first kappa shape index (κ1) is 15.3. The predicted molar refractivity (Wildman–Crippen MR) is 73.2 cm³/mol. The highest BCUT2D eigenvalue weighted by molar-refractivity contribution is 7.90. The molecule has 0 aliphatic heterocycles. The van der Waals surface area contributed by atoms with E-state index in [-0.39, 0.29) is 5.76 Å². The van der Waals surface area contributed by atoms with E-state index >= 15 is 0 Å². The number of nitro groups is 2. The van der Waals surface area contributed by atoms with E-state index in [1.807, 2.05) is 0 Å². The highest BCUT2D eigenvalue weighted by Crippen LogP contribution is 2.24. The lowest BCUT2D eigenvalue weighted by molar-refractivity contribution is -0.402. The second-order valence-corrected chi connectivity index (χ2v) is 5.47. The molecule has 114 valence electrons. The quantitative estimate of drug-likeness (QED) is 0.463. The lowest BCUT2D eigenvalue weighted by atomic mass is 10.3. The number of rotatable bonds is 5. The van der Waals surface area contributed by atoms with Gasteiger partial charge in [-0.25, -0.2) is 0 Å². The van der Waals surface area contributed by atoms with Crippen molar-refractivity contribution >= 4 is 27.8 Å². The van der Waals surface area contributed by atoms with Crippen molar-refractivity contribution in [3.05, 3.63) is 62.4 Å². The molecule has 0 unspecified atom stereocenters. The highest BCUT2D eigenvalue weighted by atomic mass is 32.2. The average molecular weight is 325 g/mol. The van der Waals surface area contributed by atoms with Crippen LogP contribution in [-0.2, 0) is 10.0 Å². The van der Waals surface area contributed by atoms with Gasteiger partial charge in [-0.15, -0.1) is 0 Å².